The summed E-state index contributed by atoms with van der Waals surface area (Å²) >= 11 is 0. The van der Waals surface area contributed by atoms with Gasteiger partial charge in [0.1, 0.15) is 5.78 Å². The van der Waals surface area contributed by atoms with E-state index in [1.165, 1.54) is 0 Å². The van der Waals surface area contributed by atoms with Crippen molar-refractivity contribution in [3.8, 4) is 12.3 Å². The molecule has 0 bridgehead atoms. The summed E-state index contributed by atoms with van der Waals surface area (Å²) in [6.07, 6.45) is 8.12. The van der Waals surface area contributed by atoms with E-state index in [2.05, 4.69) is 5.92 Å². The zero-order valence-corrected chi connectivity index (χ0v) is 7.55. The zero-order chi connectivity index (χ0) is 9.40. The van der Waals surface area contributed by atoms with Crippen molar-refractivity contribution in [1.82, 2.24) is 0 Å². The Morgan fingerprint density at radius 2 is 2.25 bits per heavy atom. The molecule has 0 spiro atoms. The van der Waals surface area contributed by atoms with E-state index in [0.717, 1.165) is 19.3 Å². The predicted octanol–water partition coefficient (Wildman–Crippen LogP) is 1.38. The molecule has 0 aromatic rings. The van der Waals surface area contributed by atoms with Crippen molar-refractivity contribution in [3.63, 3.8) is 0 Å². The first kappa shape index (κ1) is 11.2. The van der Waals surface area contributed by atoms with Crippen molar-refractivity contribution < 1.29 is 9.90 Å². The van der Waals surface area contributed by atoms with Crippen molar-refractivity contribution in [3.05, 3.63) is 0 Å². The summed E-state index contributed by atoms with van der Waals surface area (Å²) in [6.45, 7) is 1.75. The summed E-state index contributed by atoms with van der Waals surface area (Å²) in [5, 5.41) is 8.55. The van der Waals surface area contributed by atoms with Crippen molar-refractivity contribution in [2.75, 3.05) is 6.61 Å². The molecule has 12 heavy (non-hydrogen) atoms. The van der Waals surface area contributed by atoms with Gasteiger partial charge in [-0.25, -0.2) is 0 Å². The first-order chi connectivity index (χ1) is 5.70. The lowest BCUT2D eigenvalue weighted by molar-refractivity contribution is -0.117. The van der Waals surface area contributed by atoms with Crippen LogP contribution in [0.4, 0.5) is 0 Å². The molecule has 2 heteroatoms. The van der Waals surface area contributed by atoms with Gasteiger partial charge in [0, 0.05) is 18.9 Å². The molecule has 0 amide bonds. The molecule has 0 aliphatic rings. The van der Waals surface area contributed by atoms with E-state index in [1.54, 1.807) is 6.92 Å². The molecule has 2 nitrogen and oxygen atoms in total. The van der Waals surface area contributed by atoms with Crippen LogP contribution in [0.1, 0.15) is 32.6 Å². The lowest BCUT2D eigenvalue weighted by Gasteiger charge is -2.07. The number of Topliss-reactive ketones (excluding diaryl/α,β-unsaturated/α-hetero) is 1. The van der Waals surface area contributed by atoms with Crippen LogP contribution in [-0.2, 0) is 4.79 Å². The fourth-order valence-electron chi connectivity index (χ4n) is 1.03. The van der Waals surface area contributed by atoms with Gasteiger partial charge in [0.15, 0.2) is 0 Å². The van der Waals surface area contributed by atoms with Crippen molar-refractivity contribution in [2.45, 2.75) is 32.6 Å². The lowest BCUT2D eigenvalue weighted by atomic mass is 9.98. The van der Waals surface area contributed by atoms with E-state index in [1.807, 2.05) is 0 Å². The molecule has 0 heterocycles. The number of rotatable bonds is 6. The Morgan fingerprint density at radius 3 is 2.67 bits per heavy atom. The number of carbonyl (C=O) groups excluding carboxylic acids is 1. The highest BCUT2D eigenvalue weighted by Crippen LogP contribution is 2.12. The Bertz CT molecular complexity index is 167. The van der Waals surface area contributed by atoms with Gasteiger partial charge in [0.25, 0.3) is 0 Å². The van der Waals surface area contributed by atoms with Crippen molar-refractivity contribution in [1.29, 1.82) is 0 Å². The molecule has 0 saturated carbocycles. The number of hydrogen-bond acceptors (Lipinski definition) is 2. The van der Waals surface area contributed by atoms with E-state index >= 15 is 0 Å². The molecule has 0 rings (SSSR count). The highest BCUT2D eigenvalue weighted by Gasteiger charge is 2.05. The molecule has 0 saturated heterocycles. The van der Waals surface area contributed by atoms with Crippen LogP contribution in [0.15, 0.2) is 0 Å². The Morgan fingerprint density at radius 1 is 1.58 bits per heavy atom. The van der Waals surface area contributed by atoms with Gasteiger partial charge in [-0.1, -0.05) is 0 Å². The molecule has 0 aromatic carbocycles. The molecular formula is C10H16O2. The maximum atomic E-state index is 10.6. The highest BCUT2D eigenvalue weighted by atomic mass is 16.2. The first-order valence-electron chi connectivity index (χ1n) is 4.27. The van der Waals surface area contributed by atoms with Gasteiger partial charge in [-0.3, -0.25) is 0 Å². The average molecular weight is 168 g/mol. The topological polar surface area (TPSA) is 37.3 Å². The van der Waals surface area contributed by atoms with Gasteiger partial charge in [-0.05, 0) is 26.2 Å². The smallest absolute Gasteiger partial charge is 0.129 e. The highest BCUT2D eigenvalue weighted by molar-refractivity contribution is 5.75. The maximum Gasteiger partial charge on any atom is 0.129 e. The van der Waals surface area contributed by atoms with Gasteiger partial charge in [-0.2, -0.15) is 0 Å². The van der Waals surface area contributed by atoms with Gasteiger partial charge in [0.05, 0.1) is 0 Å². The third-order valence-corrected chi connectivity index (χ3v) is 1.79. The van der Waals surface area contributed by atoms with Gasteiger partial charge >= 0.3 is 0 Å². The molecule has 0 fully saturated rings. The first-order valence-corrected chi connectivity index (χ1v) is 4.27. The largest absolute Gasteiger partial charge is 0.396 e. The Kier molecular flexibility index (Phi) is 6.41. The molecule has 0 aliphatic carbocycles. The molecule has 1 atom stereocenters. The van der Waals surface area contributed by atoms with E-state index in [0.29, 0.717) is 6.42 Å². The molecule has 68 valence electrons. The summed E-state index contributed by atoms with van der Waals surface area (Å²) in [4.78, 5) is 10.6. The Balaban J connectivity index is 3.55. The molecular weight excluding hydrogens is 152 g/mol. The van der Waals surface area contributed by atoms with Crippen LogP contribution >= 0.6 is 0 Å². The predicted molar refractivity (Wildman–Crippen MR) is 48.6 cm³/mol. The number of ketones is 1. The summed E-state index contributed by atoms with van der Waals surface area (Å²) in [5.74, 6) is 2.96. The van der Waals surface area contributed by atoms with Gasteiger partial charge in [-0.15, -0.1) is 12.3 Å². The fourth-order valence-corrected chi connectivity index (χ4v) is 1.03. The summed E-state index contributed by atoms with van der Waals surface area (Å²) in [6, 6.07) is 0. The van der Waals surface area contributed by atoms with E-state index in [-0.39, 0.29) is 18.3 Å². The summed E-state index contributed by atoms with van der Waals surface area (Å²) in [5.41, 5.74) is 0. The van der Waals surface area contributed by atoms with Crippen LogP contribution in [0.25, 0.3) is 0 Å². The van der Waals surface area contributed by atoms with Crippen molar-refractivity contribution in [2.24, 2.45) is 5.92 Å². The Hall–Kier alpha value is -0.810. The number of aliphatic hydroxyl groups is 1. The average Bonchev–Trinajstić information content (AvgIpc) is 2.05. The minimum Gasteiger partial charge on any atom is -0.396 e. The monoisotopic (exact) mass is 168 g/mol. The number of hydrogen-bond donors (Lipinski definition) is 1. The molecule has 1 N–H and O–H groups in total. The van der Waals surface area contributed by atoms with Crippen LogP contribution in [0.3, 0.4) is 0 Å². The summed E-state index contributed by atoms with van der Waals surface area (Å²) in [7, 11) is 0. The lowest BCUT2D eigenvalue weighted by Crippen LogP contribution is -2.01. The van der Waals surface area contributed by atoms with E-state index in [9.17, 15) is 4.79 Å². The second kappa shape index (κ2) is 6.87. The quantitative estimate of drug-likeness (QED) is 0.608. The van der Waals surface area contributed by atoms with Gasteiger partial charge in [0.2, 0.25) is 0 Å². The van der Waals surface area contributed by atoms with Crippen LogP contribution in [-0.4, -0.2) is 17.5 Å². The van der Waals surface area contributed by atoms with Crippen molar-refractivity contribution >= 4 is 5.78 Å². The van der Waals surface area contributed by atoms with Crippen LogP contribution in [0.5, 0.6) is 0 Å². The molecule has 0 aliphatic heterocycles. The Labute approximate surface area is 74.0 Å². The number of terminal acetylenes is 1. The zero-order valence-electron chi connectivity index (χ0n) is 7.55. The number of carbonyl (C=O) groups is 1. The second-order valence-electron chi connectivity index (χ2n) is 2.97. The standard InChI is InChI=1S/C10H16O2/c1-3-10(5-4-8-11)7-6-9(2)12/h1,10-11H,4-8H2,2H3. The van der Waals surface area contributed by atoms with Crippen LogP contribution in [0.2, 0.25) is 0 Å². The normalized spacial score (nSPS) is 12.1. The minimum atomic E-state index is 0.154. The maximum absolute atomic E-state index is 10.6. The fraction of sp³-hybridized carbons (Fsp3) is 0.700. The van der Waals surface area contributed by atoms with Crippen LogP contribution in [0, 0.1) is 18.3 Å². The third-order valence-electron chi connectivity index (χ3n) is 1.79. The number of aliphatic hydroxyl groups excluding tert-OH is 1. The van der Waals surface area contributed by atoms with E-state index < -0.39 is 0 Å². The molecule has 1 unspecified atom stereocenters. The molecule has 0 radical (unpaired) electrons. The SMILES string of the molecule is C#CC(CCCO)CCC(C)=O. The second-order valence-corrected chi connectivity index (χ2v) is 2.97. The van der Waals surface area contributed by atoms with Gasteiger partial charge < -0.3 is 9.90 Å². The third kappa shape index (κ3) is 5.94. The summed E-state index contributed by atoms with van der Waals surface area (Å²) < 4.78 is 0. The molecule has 0 aromatic heterocycles. The van der Waals surface area contributed by atoms with Crippen LogP contribution < -0.4 is 0 Å². The minimum absolute atomic E-state index is 0.154. The van der Waals surface area contributed by atoms with E-state index in [4.69, 9.17) is 11.5 Å².